The summed E-state index contributed by atoms with van der Waals surface area (Å²) in [5, 5.41) is 2.97. The molecule has 0 atom stereocenters. The van der Waals surface area contributed by atoms with Crippen molar-refractivity contribution in [1.29, 1.82) is 0 Å². The number of carbonyl (C=O) groups is 1. The molecule has 1 aromatic carbocycles. The van der Waals surface area contributed by atoms with Gasteiger partial charge in [0.25, 0.3) is 0 Å². The minimum absolute atomic E-state index is 0.0607. The average Bonchev–Trinajstić information content (AvgIpc) is 2.44. The topological polar surface area (TPSA) is 58.1 Å². The van der Waals surface area contributed by atoms with Crippen LogP contribution in [0.2, 0.25) is 0 Å². The summed E-state index contributed by atoms with van der Waals surface area (Å²) in [5.41, 5.74) is 1.01. The van der Waals surface area contributed by atoms with Crippen molar-refractivity contribution in [2.24, 2.45) is 0 Å². The van der Waals surface area contributed by atoms with E-state index in [0.717, 1.165) is 16.0 Å². The number of hydrogen-bond acceptors (Lipinski definition) is 5. The highest BCUT2D eigenvalue weighted by Gasteiger charge is 2.07. The van der Waals surface area contributed by atoms with Gasteiger partial charge in [0, 0.05) is 23.3 Å². The molecule has 0 amide bonds. The molecule has 2 aromatic rings. The molecular formula is C14H15BrN4O. The summed E-state index contributed by atoms with van der Waals surface area (Å²) < 4.78 is 1.01. The summed E-state index contributed by atoms with van der Waals surface area (Å²) in [6.07, 6.45) is 1.48. The summed E-state index contributed by atoms with van der Waals surface area (Å²) in [4.78, 5) is 21.3. The summed E-state index contributed by atoms with van der Waals surface area (Å²) in [6.45, 7) is 1.79. The molecule has 5 nitrogen and oxygen atoms in total. The molecule has 1 aromatic heterocycles. The van der Waals surface area contributed by atoms with Crippen molar-refractivity contribution in [1.82, 2.24) is 9.97 Å². The van der Waals surface area contributed by atoms with Crippen LogP contribution in [-0.4, -0.2) is 29.3 Å². The van der Waals surface area contributed by atoms with Gasteiger partial charge in [0.15, 0.2) is 0 Å². The van der Waals surface area contributed by atoms with Gasteiger partial charge in [0.1, 0.15) is 23.7 Å². The molecule has 0 spiro atoms. The van der Waals surface area contributed by atoms with Crippen molar-refractivity contribution in [2.45, 2.75) is 6.92 Å². The number of Topliss-reactive ketones (excluding diaryl/α,β-unsaturated/α-hetero) is 1. The zero-order chi connectivity index (χ0) is 14.5. The van der Waals surface area contributed by atoms with Gasteiger partial charge >= 0.3 is 0 Å². The van der Waals surface area contributed by atoms with E-state index in [9.17, 15) is 4.79 Å². The van der Waals surface area contributed by atoms with E-state index in [2.05, 4.69) is 31.2 Å². The number of hydrogen-bond donors (Lipinski definition) is 1. The van der Waals surface area contributed by atoms with Crippen LogP contribution in [0.15, 0.2) is 41.1 Å². The Morgan fingerprint density at radius 3 is 2.85 bits per heavy atom. The quantitative estimate of drug-likeness (QED) is 0.910. The maximum atomic E-state index is 11.0. The second-order valence-corrected chi connectivity index (χ2v) is 5.27. The largest absolute Gasteiger partial charge is 0.363 e. The van der Waals surface area contributed by atoms with Crippen molar-refractivity contribution in [3.63, 3.8) is 0 Å². The Labute approximate surface area is 126 Å². The molecule has 20 heavy (non-hydrogen) atoms. The van der Waals surface area contributed by atoms with E-state index in [1.807, 2.05) is 42.3 Å². The Balaban J connectivity index is 2.19. The van der Waals surface area contributed by atoms with E-state index in [-0.39, 0.29) is 12.3 Å². The first kappa shape index (κ1) is 14.5. The van der Waals surface area contributed by atoms with E-state index in [1.165, 1.54) is 13.3 Å². The van der Waals surface area contributed by atoms with E-state index in [1.54, 1.807) is 0 Å². The fourth-order valence-electron chi connectivity index (χ4n) is 1.66. The lowest BCUT2D eigenvalue weighted by Crippen LogP contribution is -2.14. The molecule has 6 heteroatoms. The molecule has 0 aliphatic heterocycles. The maximum absolute atomic E-state index is 11.0. The van der Waals surface area contributed by atoms with Crippen LogP contribution in [0.25, 0.3) is 0 Å². The Hall–Kier alpha value is -1.95. The van der Waals surface area contributed by atoms with Gasteiger partial charge in [-0.25, -0.2) is 9.97 Å². The summed E-state index contributed by atoms with van der Waals surface area (Å²) in [7, 11) is 1.93. The number of benzene rings is 1. The molecule has 0 saturated heterocycles. The predicted octanol–water partition coefficient (Wildman–Crippen LogP) is 3.01. The number of anilines is 3. The van der Waals surface area contributed by atoms with Crippen LogP contribution in [0, 0.1) is 0 Å². The second-order valence-electron chi connectivity index (χ2n) is 4.36. The molecule has 0 fully saturated rings. The highest BCUT2D eigenvalue weighted by molar-refractivity contribution is 9.10. The molecule has 2 rings (SSSR count). The van der Waals surface area contributed by atoms with Gasteiger partial charge in [-0.2, -0.15) is 0 Å². The molecule has 0 saturated carbocycles. The van der Waals surface area contributed by atoms with Crippen molar-refractivity contribution >= 4 is 39.0 Å². The Morgan fingerprint density at radius 1 is 1.35 bits per heavy atom. The molecule has 1 N–H and O–H groups in total. The van der Waals surface area contributed by atoms with Crippen molar-refractivity contribution < 1.29 is 4.79 Å². The van der Waals surface area contributed by atoms with Crippen LogP contribution in [0.3, 0.4) is 0 Å². The highest BCUT2D eigenvalue weighted by atomic mass is 79.9. The molecule has 0 aliphatic carbocycles. The number of ketones is 1. The number of halogens is 1. The second kappa shape index (κ2) is 6.47. The zero-order valence-corrected chi connectivity index (χ0v) is 12.9. The third-order valence-electron chi connectivity index (χ3n) is 2.71. The van der Waals surface area contributed by atoms with Crippen molar-refractivity contribution in [3.8, 4) is 0 Å². The predicted molar refractivity (Wildman–Crippen MR) is 83.4 cm³/mol. The summed E-state index contributed by atoms with van der Waals surface area (Å²) in [5.74, 6) is 1.45. The molecule has 0 unspecified atom stereocenters. The maximum Gasteiger partial charge on any atom is 0.148 e. The fraction of sp³-hybridized carbons (Fsp3) is 0.214. The van der Waals surface area contributed by atoms with Crippen LogP contribution in [0.4, 0.5) is 17.3 Å². The normalized spacial score (nSPS) is 10.2. The molecular weight excluding hydrogens is 320 g/mol. The smallest absolute Gasteiger partial charge is 0.148 e. The average molecular weight is 335 g/mol. The van der Waals surface area contributed by atoms with E-state index < -0.39 is 0 Å². The SMILES string of the molecule is CC(=O)CNc1cc(N(C)c2cccc(Br)c2)ncn1. The number of nitrogens with one attached hydrogen (secondary N) is 1. The lowest BCUT2D eigenvalue weighted by Gasteiger charge is -2.19. The number of aromatic nitrogens is 2. The Bertz CT molecular complexity index is 618. The van der Waals surface area contributed by atoms with Crippen molar-refractivity contribution in [3.05, 3.63) is 41.1 Å². The standard InChI is InChI=1S/C14H15BrN4O/c1-10(20)8-16-13-7-14(18-9-17-13)19(2)12-5-3-4-11(15)6-12/h3-7,9H,8H2,1-2H3,(H,16,17,18). The summed E-state index contributed by atoms with van der Waals surface area (Å²) >= 11 is 3.45. The number of nitrogens with zero attached hydrogens (tertiary/aromatic N) is 3. The molecule has 0 aliphatic rings. The van der Waals surface area contributed by atoms with Gasteiger partial charge in [0.2, 0.25) is 0 Å². The minimum Gasteiger partial charge on any atom is -0.363 e. The van der Waals surface area contributed by atoms with E-state index in [4.69, 9.17) is 0 Å². The Kier molecular flexibility index (Phi) is 4.68. The van der Waals surface area contributed by atoms with E-state index in [0.29, 0.717) is 5.82 Å². The van der Waals surface area contributed by atoms with Gasteiger partial charge in [0.05, 0.1) is 6.54 Å². The lowest BCUT2D eigenvalue weighted by molar-refractivity contribution is -0.115. The first-order chi connectivity index (χ1) is 9.56. The Morgan fingerprint density at radius 2 is 2.15 bits per heavy atom. The first-order valence-electron chi connectivity index (χ1n) is 6.11. The number of rotatable bonds is 5. The van der Waals surface area contributed by atoms with Crippen LogP contribution in [0.1, 0.15) is 6.92 Å². The zero-order valence-electron chi connectivity index (χ0n) is 11.3. The van der Waals surface area contributed by atoms with Crippen LogP contribution in [-0.2, 0) is 4.79 Å². The van der Waals surface area contributed by atoms with Gasteiger partial charge in [-0.1, -0.05) is 22.0 Å². The molecule has 1 heterocycles. The van der Waals surface area contributed by atoms with Crippen LogP contribution in [0.5, 0.6) is 0 Å². The van der Waals surface area contributed by atoms with Gasteiger partial charge in [-0.05, 0) is 25.1 Å². The van der Waals surface area contributed by atoms with Gasteiger partial charge < -0.3 is 10.2 Å². The highest BCUT2D eigenvalue weighted by Crippen LogP contribution is 2.25. The number of carbonyl (C=O) groups excluding carboxylic acids is 1. The van der Waals surface area contributed by atoms with Gasteiger partial charge in [-0.3, -0.25) is 4.79 Å². The minimum atomic E-state index is 0.0607. The molecule has 0 radical (unpaired) electrons. The monoisotopic (exact) mass is 334 g/mol. The van der Waals surface area contributed by atoms with E-state index >= 15 is 0 Å². The van der Waals surface area contributed by atoms with Crippen molar-refractivity contribution in [2.75, 3.05) is 23.8 Å². The first-order valence-corrected chi connectivity index (χ1v) is 6.90. The van der Waals surface area contributed by atoms with Gasteiger partial charge in [-0.15, -0.1) is 0 Å². The molecule has 0 bridgehead atoms. The third kappa shape index (κ3) is 3.77. The fourth-order valence-corrected chi connectivity index (χ4v) is 2.05. The lowest BCUT2D eigenvalue weighted by atomic mass is 10.3. The van der Waals surface area contributed by atoms with Crippen LogP contribution < -0.4 is 10.2 Å². The third-order valence-corrected chi connectivity index (χ3v) is 3.20. The van der Waals surface area contributed by atoms with Crippen LogP contribution >= 0.6 is 15.9 Å². The summed E-state index contributed by atoms with van der Waals surface area (Å²) in [6, 6.07) is 9.74. The molecule has 104 valence electrons.